The number of hydrogen-bond acceptors (Lipinski definition) is 3. The first kappa shape index (κ1) is 16.4. The number of rotatable bonds is 4. The van der Waals surface area contributed by atoms with Crippen molar-refractivity contribution in [2.45, 2.75) is 27.2 Å². The Morgan fingerprint density at radius 2 is 1.67 bits per heavy atom. The van der Waals surface area contributed by atoms with Crippen LogP contribution in [0.1, 0.15) is 23.6 Å². The zero-order valence-corrected chi connectivity index (χ0v) is 14.5. The summed E-state index contributed by atoms with van der Waals surface area (Å²) in [4.78, 5) is 14.6. The summed E-state index contributed by atoms with van der Waals surface area (Å²) in [5.74, 6) is 1.55. The topological polar surface area (TPSA) is 38.8 Å². The van der Waals surface area contributed by atoms with Crippen molar-refractivity contribution in [2.24, 2.45) is 0 Å². The van der Waals surface area contributed by atoms with Crippen LogP contribution in [0.25, 0.3) is 0 Å². The van der Waals surface area contributed by atoms with Crippen molar-refractivity contribution >= 4 is 11.6 Å². The number of carbonyl (C=O) groups is 1. The molecule has 3 rings (SSSR count). The van der Waals surface area contributed by atoms with Crippen molar-refractivity contribution in [3.8, 4) is 11.5 Å². The van der Waals surface area contributed by atoms with Gasteiger partial charge in [0.25, 0.3) is 0 Å². The van der Waals surface area contributed by atoms with Crippen molar-refractivity contribution in [2.75, 3.05) is 24.7 Å². The van der Waals surface area contributed by atoms with E-state index in [4.69, 9.17) is 9.47 Å². The monoisotopic (exact) mass is 325 g/mol. The standard InChI is InChI=1S/C20H23NO3/c1-4-21(17-10-14(2)9-15(3)11-17)20(22)13-16-5-6-18-19(12-16)24-8-7-23-18/h5-6,9-12H,4,7-8,13H2,1-3H3. The molecule has 0 N–H and O–H groups in total. The van der Waals surface area contributed by atoms with Crippen molar-refractivity contribution in [3.05, 3.63) is 53.1 Å². The van der Waals surface area contributed by atoms with E-state index in [1.807, 2.05) is 30.0 Å². The maximum atomic E-state index is 12.8. The van der Waals surface area contributed by atoms with Gasteiger partial charge in [0, 0.05) is 12.2 Å². The van der Waals surface area contributed by atoms with Crippen LogP contribution in [-0.2, 0) is 11.2 Å². The molecule has 24 heavy (non-hydrogen) atoms. The van der Waals surface area contributed by atoms with Crippen LogP contribution in [0.5, 0.6) is 11.5 Å². The Bertz CT molecular complexity index is 734. The number of carbonyl (C=O) groups excluding carboxylic acids is 1. The summed E-state index contributed by atoms with van der Waals surface area (Å²) in [5.41, 5.74) is 4.22. The van der Waals surface area contributed by atoms with Crippen molar-refractivity contribution in [3.63, 3.8) is 0 Å². The molecule has 0 aliphatic carbocycles. The van der Waals surface area contributed by atoms with Gasteiger partial charge in [-0.05, 0) is 61.7 Å². The highest BCUT2D eigenvalue weighted by Crippen LogP contribution is 2.31. The van der Waals surface area contributed by atoms with Gasteiger partial charge in [0.2, 0.25) is 5.91 Å². The number of hydrogen-bond donors (Lipinski definition) is 0. The highest BCUT2D eigenvalue weighted by molar-refractivity contribution is 5.95. The van der Waals surface area contributed by atoms with E-state index in [0.29, 0.717) is 26.2 Å². The molecular formula is C20H23NO3. The van der Waals surface area contributed by atoms with Gasteiger partial charge in [0.15, 0.2) is 11.5 Å². The fraction of sp³-hybridized carbons (Fsp3) is 0.350. The zero-order chi connectivity index (χ0) is 17.1. The Morgan fingerprint density at radius 1 is 1.00 bits per heavy atom. The van der Waals surface area contributed by atoms with Gasteiger partial charge >= 0.3 is 0 Å². The van der Waals surface area contributed by atoms with E-state index in [2.05, 4.69) is 32.0 Å². The van der Waals surface area contributed by atoms with Crippen molar-refractivity contribution in [1.82, 2.24) is 0 Å². The molecular weight excluding hydrogens is 302 g/mol. The van der Waals surface area contributed by atoms with E-state index >= 15 is 0 Å². The van der Waals surface area contributed by atoms with Gasteiger partial charge in [-0.3, -0.25) is 4.79 Å². The van der Waals surface area contributed by atoms with E-state index < -0.39 is 0 Å². The number of fused-ring (bicyclic) bond motifs is 1. The fourth-order valence-electron chi connectivity index (χ4n) is 3.08. The molecule has 1 aliphatic heterocycles. The molecule has 0 unspecified atom stereocenters. The Labute approximate surface area is 143 Å². The second kappa shape index (κ2) is 6.95. The minimum absolute atomic E-state index is 0.0826. The predicted octanol–water partition coefficient (Wildman–Crippen LogP) is 3.67. The number of benzene rings is 2. The third kappa shape index (κ3) is 3.53. The van der Waals surface area contributed by atoms with Crippen molar-refractivity contribution in [1.29, 1.82) is 0 Å². The number of likely N-dealkylation sites (N-methyl/N-ethyl adjacent to an activating group) is 1. The summed E-state index contributed by atoms with van der Waals surface area (Å²) in [7, 11) is 0. The number of ether oxygens (including phenoxy) is 2. The first-order valence-corrected chi connectivity index (χ1v) is 8.34. The van der Waals surface area contributed by atoms with Crippen molar-refractivity contribution < 1.29 is 14.3 Å². The first-order chi connectivity index (χ1) is 11.6. The first-order valence-electron chi connectivity index (χ1n) is 8.34. The smallest absolute Gasteiger partial charge is 0.231 e. The second-order valence-electron chi connectivity index (χ2n) is 6.14. The molecule has 0 saturated carbocycles. The molecule has 4 heteroatoms. The average Bonchev–Trinajstić information content (AvgIpc) is 2.54. The Balaban J connectivity index is 1.79. The van der Waals surface area contributed by atoms with E-state index in [-0.39, 0.29) is 5.91 Å². The highest BCUT2D eigenvalue weighted by atomic mass is 16.6. The van der Waals surface area contributed by atoms with Crippen LogP contribution >= 0.6 is 0 Å². The molecule has 0 aromatic heterocycles. The summed E-state index contributed by atoms with van der Waals surface area (Å²) >= 11 is 0. The van der Waals surface area contributed by atoms with Crippen LogP contribution in [0.4, 0.5) is 5.69 Å². The fourth-order valence-corrected chi connectivity index (χ4v) is 3.08. The molecule has 1 heterocycles. The van der Waals surface area contributed by atoms with Crippen LogP contribution in [0, 0.1) is 13.8 Å². The number of amides is 1. The quantitative estimate of drug-likeness (QED) is 0.861. The molecule has 0 radical (unpaired) electrons. The molecule has 0 atom stereocenters. The Hall–Kier alpha value is -2.49. The average molecular weight is 325 g/mol. The highest BCUT2D eigenvalue weighted by Gasteiger charge is 2.17. The number of aryl methyl sites for hydroxylation is 2. The minimum Gasteiger partial charge on any atom is -0.486 e. The SMILES string of the molecule is CCN(C(=O)Cc1ccc2c(c1)OCCO2)c1cc(C)cc(C)c1. The number of anilines is 1. The summed E-state index contributed by atoms with van der Waals surface area (Å²) in [6.45, 7) is 7.87. The number of nitrogens with zero attached hydrogens (tertiary/aromatic N) is 1. The van der Waals surface area contributed by atoms with Gasteiger partial charge in [0.1, 0.15) is 13.2 Å². The van der Waals surface area contributed by atoms with Crippen LogP contribution in [0.3, 0.4) is 0 Å². The molecule has 4 nitrogen and oxygen atoms in total. The summed E-state index contributed by atoms with van der Waals surface area (Å²) < 4.78 is 11.1. The molecule has 1 amide bonds. The summed E-state index contributed by atoms with van der Waals surface area (Å²) in [6.07, 6.45) is 0.345. The van der Waals surface area contributed by atoms with E-state index in [1.165, 1.54) is 0 Å². The van der Waals surface area contributed by atoms with Crippen LogP contribution < -0.4 is 14.4 Å². The van der Waals surface area contributed by atoms with Gasteiger partial charge in [-0.15, -0.1) is 0 Å². The van der Waals surface area contributed by atoms with E-state index in [0.717, 1.165) is 33.9 Å². The molecule has 1 aliphatic rings. The Kier molecular flexibility index (Phi) is 4.74. The lowest BCUT2D eigenvalue weighted by atomic mass is 10.1. The lowest BCUT2D eigenvalue weighted by molar-refractivity contribution is -0.117. The zero-order valence-electron chi connectivity index (χ0n) is 14.5. The minimum atomic E-state index is 0.0826. The molecule has 0 fully saturated rings. The summed E-state index contributed by atoms with van der Waals surface area (Å²) in [6, 6.07) is 11.9. The lowest BCUT2D eigenvalue weighted by Crippen LogP contribution is -2.32. The third-order valence-electron chi connectivity index (χ3n) is 4.10. The lowest BCUT2D eigenvalue weighted by Gasteiger charge is -2.23. The van der Waals surface area contributed by atoms with Gasteiger partial charge < -0.3 is 14.4 Å². The van der Waals surface area contributed by atoms with Gasteiger partial charge in [-0.1, -0.05) is 12.1 Å². The summed E-state index contributed by atoms with van der Waals surface area (Å²) in [5, 5.41) is 0. The Morgan fingerprint density at radius 3 is 2.33 bits per heavy atom. The molecule has 0 bridgehead atoms. The van der Waals surface area contributed by atoms with Crippen LogP contribution in [0.15, 0.2) is 36.4 Å². The third-order valence-corrected chi connectivity index (χ3v) is 4.10. The largest absolute Gasteiger partial charge is 0.486 e. The van der Waals surface area contributed by atoms with Crippen LogP contribution in [0.2, 0.25) is 0 Å². The van der Waals surface area contributed by atoms with E-state index in [1.54, 1.807) is 0 Å². The molecule has 0 spiro atoms. The molecule has 2 aromatic rings. The molecule has 0 saturated heterocycles. The van der Waals surface area contributed by atoms with Gasteiger partial charge in [-0.2, -0.15) is 0 Å². The molecule has 126 valence electrons. The maximum Gasteiger partial charge on any atom is 0.231 e. The van der Waals surface area contributed by atoms with Crippen LogP contribution in [-0.4, -0.2) is 25.7 Å². The van der Waals surface area contributed by atoms with Gasteiger partial charge in [0.05, 0.1) is 6.42 Å². The molecule has 2 aromatic carbocycles. The second-order valence-corrected chi connectivity index (χ2v) is 6.14. The van der Waals surface area contributed by atoms with E-state index in [9.17, 15) is 4.79 Å². The maximum absolute atomic E-state index is 12.8. The normalized spacial score (nSPS) is 12.8. The van der Waals surface area contributed by atoms with Gasteiger partial charge in [-0.25, -0.2) is 0 Å². The predicted molar refractivity (Wildman–Crippen MR) is 95.1 cm³/mol.